The molecule has 2 atom stereocenters. The minimum absolute atomic E-state index is 0.0204. The van der Waals surface area contributed by atoms with E-state index < -0.39 is 25.6 Å². The van der Waals surface area contributed by atoms with Crippen molar-refractivity contribution < 1.29 is 33.9 Å². The Balaban J connectivity index is 3.46. The zero-order valence-corrected chi connectivity index (χ0v) is 16.6. The zero-order chi connectivity index (χ0) is 19.9. The van der Waals surface area contributed by atoms with Gasteiger partial charge in [-0.25, -0.2) is 14.3 Å². The molecule has 0 aliphatic rings. The van der Waals surface area contributed by atoms with Crippen LogP contribution in [0.1, 0.15) is 27.7 Å². The lowest BCUT2D eigenvalue weighted by atomic mass is 10.5. The molecule has 1 aromatic rings. The summed E-state index contributed by atoms with van der Waals surface area (Å²) in [5.74, 6) is -0.0409. The molecule has 12 nitrogen and oxygen atoms in total. The zero-order valence-electron chi connectivity index (χ0n) is 15.7. The largest absolute Gasteiger partial charge is 0.452 e. The van der Waals surface area contributed by atoms with Gasteiger partial charge >= 0.3 is 7.60 Å². The first-order valence-electron chi connectivity index (χ1n) is 7.97. The van der Waals surface area contributed by atoms with Gasteiger partial charge in [0.25, 0.3) is 5.57 Å². The number of hydrogen-bond acceptors (Lipinski definition) is 12. The topological polar surface area (TPSA) is 140 Å². The Bertz CT molecular complexity index is 574. The first-order valence-corrected chi connectivity index (χ1v) is 9.51. The van der Waals surface area contributed by atoms with Gasteiger partial charge < -0.3 is 20.0 Å². The summed E-state index contributed by atoms with van der Waals surface area (Å²) < 4.78 is 22.7. The van der Waals surface area contributed by atoms with Gasteiger partial charge in [-0.3, -0.25) is 0 Å². The number of aliphatic hydroxyl groups excluding tert-OH is 2. The summed E-state index contributed by atoms with van der Waals surface area (Å²) in [5.41, 5.74) is -0.403. The van der Waals surface area contributed by atoms with Gasteiger partial charge in [-0.1, -0.05) is 0 Å². The summed E-state index contributed by atoms with van der Waals surface area (Å²) >= 11 is 0. The van der Waals surface area contributed by atoms with E-state index in [9.17, 15) is 14.8 Å². The highest BCUT2D eigenvalue weighted by Crippen LogP contribution is 2.46. The van der Waals surface area contributed by atoms with Crippen LogP contribution in [0.5, 0.6) is 0 Å². The van der Waals surface area contributed by atoms with Crippen LogP contribution in [0.3, 0.4) is 0 Å². The van der Waals surface area contributed by atoms with Gasteiger partial charge in [-0.15, -0.1) is 9.35 Å². The van der Waals surface area contributed by atoms with Crippen LogP contribution < -0.4 is 15.4 Å². The normalized spacial score (nSPS) is 14.2. The second-order valence-electron chi connectivity index (χ2n) is 5.18. The standard InChI is InChI=1S/C13H26N5O7P/c1-7-22-24-26(21,25-23-8-2)13-15-11(17(5)9(3)19)14-12(16-13)18(6)10(4)20/h9-10,19-20H,7-8H2,1-6H3. The molecule has 0 aromatic carbocycles. The van der Waals surface area contributed by atoms with Crippen molar-refractivity contribution in [3.8, 4) is 0 Å². The molecule has 1 rings (SSSR count). The number of aromatic nitrogens is 3. The third kappa shape index (κ3) is 5.81. The van der Waals surface area contributed by atoms with E-state index in [2.05, 4.69) is 15.0 Å². The van der Waals surface area contributed by atoms with E-state index >= 15 is 0 Å². The summed E-state index contributed by atoms with van der Waals surface area (Å²) in [6, 6.07) is 0. The van der Waals surface area contributed by atoms with Crippen molar-refractivity contribution in [1.82, 2.24) is 15.0 Å². The summed E-state index contributed by atoms with van der Waals surface area (Å²) in [6.07, 6.45) is -1.90. The lowest BCUT2D eigenvalue weighted by molar-refractivity contribution is -0.260. The molecule has 2 N–H and O–H groups in total. The van der Waals surface area contributed by atoms with Crippen molar-refractivity contribution in [3.63, 3.8) is 0 Å². The van der Waals surface area contributed by atoms with Gasteiger partial charge in [0.2, 0.25) is 11.9 Å². The molecule has 2 unspecified atom stereocenters. The highest BCUT2D eigenvalue weighted by Gasteiger charge is 2.37. The summed E-state index contributed by atoms with van der Waals surface area (Å²) in [6.45, 7) is 6.41. The SMILES string of the molecule is CCOOP(=O)(OOCC)c1nc(N(C)C(C)O)nc(N(C)C(C)O)n1. The lowest BCUT2D eigenvalue weighted by Crippen LogP contribution is -2.36. The average molecular weight is 395 g/mol. The van der Waals surface area contributed by atoms with Crippen LogP contribution in [0, 0.1) is 0 Å². The fourth-order valence-corrected chi connectivity index (χ4v) is 2.51. The molecule has 26 heavy (non-hydrogen) atoms. The maximum Gasteiger partial charge on any atom is 0.452 e. The Morgan fingerprint density at radius 3 is 1.62 bits per heavy atom. The van der Waals surface area contributed by atoms with Crippen LogP contribution in [-0.4, -0.2) is 64.9 Å². The Morgan fingerprint density at radius 2 is 1.31 bits per heavy atom. The molecule has 0 radical (unpaired) electrons. The van der Waals surface area contributed by atoms with Crippen LogP contribution in [0.15, 0.2) is 0 Å². The van der Waals surface area contributed by atoms with E-state index in [1.807, 2.05) is 0 Å². The van der Waals surface area contributed by atoms with Crippen molar-refractivity contribution in [1.29, 1.82) is 0 Å². The van der Waals surface area contributed by atoms with Crippen LogP contribution in [0.25, 0.3) is 0 Å². The van der Waals surface area contributed by atoms with Crippen molar-refractivity contribution in [2.45, 2.75) is 40.2 Å². The Kier molecular flexibility index (Phi) is 8.77. The van der Waals surface area contributed by atoms with Gasteiger partial charge in [0, 0.05) is 14.1 Å². The minimum atomic E-state index is -4.22. The van der Waals surface area contributed by atoms with Crippen LogP contribution in [-0.2, 0) is 23.7 Å². The van der Waals surface area contributed by atoms with Gasteiger partial charge in [0.15, 0.2) is 0 Å². The van der Waals surface area contributed by atoms with Gasteiger partial charge in [-0.2, -0.15) is 15.0 Å². The third-order valence-corrected chi connectivity index (χ3v) is 4.43. The fraction of sp³-hybridized carbons (Fsp3) is 0.769. The van der Waals surface area contributed by atoms with Crippen molar-refractivity contribution in [2.24, 2.45) is 0 Å². The van der Waals surface area contributed by atoms with E-state index in [1.165, 1.54) is 37.7 Å². The molecule has 0 amide bonds. The first kappa shape index (κ1) is 22.6. The summed E-state index contributed by atoms with van der Waals surface area (Å²) in [5, 5.41) is 19.5. The smallest absolute Gasteiger partial charge is 0.374 e. The molecule has 1 aromatic heterocycles. The number of aliphatic hydroxyl groups is 2. The maximum absolute atomic E-state index is 13.0. The Hall–Kier alpha value is -1.40. The molecule has 0 saturated carbocycles. The van der Waals surface area contributed by atoms with Gasteiger partial charge in [0.05, 0.1) is 13.2 Å². The third-order valence-electron chi connectivity index (χ3n) is 3.13. The van der Waals surface area contributed by atoms with Crippen LogP contribution >= 0.6 is 7.60 Å². The molecular weight excluding hydrogens is 369 g/mol. The highest BCUT2D eigenvalue weighted by molar-refractivity contribution is 7.61. The Morgan fingerprint density at radius 1 is 0.923 bits per heavy atom. The van der Waals surface area contributed by atoms with Crippen molar-refractivity contribution >= 4 is 25.1 Å². The van der Waals surface area contributed by atoms with Gasteiger partial charge in [-0.05, 0) is 27.7 Å². The molecule has 0 spiro atoms. The second-order valence-corrected chi connectivity index (χ2v) is 6.87. The minimum Gasteiger partial charge on any atom is -0.374 e. The molecule has 0 aliphatic carbocycles. The van der Waals surface area contributed by atoms with E-state index in [0.29, 0.717) is 0 Å². The average Bonchev–Trinajstić information content (AvgIpc) is 2.62. The molecule has 0 bridgehead atoms. The highest BCUT2D eigenvalue weighted by atomic mass is 31.2. The van der Waals surface area contributed by atoms with E-state index in [-0.39, 0.29) is 25.1 Å². The van der Waals surface area contributed by atoms with Gasteiger partial charge in [0.1, 0.15) is 12.5 Å². The van der Waals surface area contributed by atoms with Crippen molar-refractivity contribution in [3.05, 3.63) is 0 Å². The predicted molar refractivity (Wildman–Crippen MR) is 92.7 cm³/mol. The Labute approximate surface area is 152 Å². The lowest BCUT2D eigenvalue weighted by Gasteiger charge is -2.25. The molecule has 0 aliphatic heterocycles. The van der Waals surface area contributed by atoms with Crippen molar-refractivity contribution in [2.75, 3.05) is 37.1 Å². The molecule has 13 heteroatoms. The number of hydrogen-bond donors (Lipinski definition) is 2. The maximum atomic E-state index is 13.0. The number of nitrogens with zero attached hydrogens (tertiary/aromatic N) is 5. The van der Waals surface area contributed by atoms with Crippen LogP contribution in [0.2, 0.25) is 0 Å². The number of rotatable bonds is 11. The quantitative estimate of drug-likeness (QED) is 0.228. The second kappa shape index (κ2) is 10.1. The van der Waals surface area contributed by atoms with Crippen LogP contribution in [0.4, 0.5) is 11.9 Å². The summed E-state index contributed by atoms with van der Waals surface area (Å²) in [7, 11) is -1.18. The van der Waals surface area contributed by atoms with E-state index in [4.69, 9.17) is 19.1 Å². The predicted octanol–water partition coefficient (Wildman–Crippen LogP) is 0.175. The summed E-state index contributed by atoms with van der Waals surface area (Å²) in [4.78, 5) is 24.3. The molecular formula is C13H26N5O7P. The number of anilines is 2. The molecule has 1 heterocycles. The molecule has 150 valence electrons. The molecule has 0 fully saturated rings. The monoisotopic (exact) mass is 395 g/mol. The molecule has 0 saturated heterocycles. The fourth-order valence-electron chi connectivity index (χ4n) is 1.44. The van der Waals surface area contributed by atoms with E-state index in [0.717, 1.165) is 0 Å². The first-order chi connectivity index (χ1) is 12.2. The van der Waals surface area contributed by atoms with E-state index in [1.54, 1.807) is 13.8 Å².